The molecule has 5 heteroatoms. The molecule has 0 aliphatic heterocycles. The molecule has 5 nitrogen and oxygen atoms in total. The van der Waals surface area contributed by atoms with Crippen LogP contribution < -0.4 is 11.3 Å². The largest absolute Gasteiger partial charge is 0.383 e. The Kier molecular flexibility index (Phi) is 7.22. The number of amides is 1. The number of benzene rings is 1. The van der Waals surface area contributed by atoms with Gasteiger partial charge in [-0.25, -0.2) is 5.84 Å². The van der Waals surface area contributed by atoms with E-state index in [0.29, 0.717) is 11.6 Å². The lowest BCUT2D eigenvalue weighted by molar-refractivity contribution is 0.0953. The fraction of sp³-hybridized carbons (Fsp3) is 0.533. The van der Waals surface area contributed by atoms with E-state index < -0.39 is 0 Å². The van der Waals surface area contributed by atoms with Crippen LogP contribution in [-0.2, 0) is 11.3 Å². The van der Waals surface area contributed by atoms with Crippen molar-refractivity contribution in [2.45, 2.75) is 32.9 Å². The van der Waals surface area contributed by atoms with Gasteiger partial charge in [0.2, 0.25) is 0 Å². The van der Waals surface area contributed by atoms with Crippen LogP contribution in [0.4, 0.5) is 0 Å². The molecule has 0 fully saturated rings. The van der Waals surface area contributed by atoms with Gasteiger partial charge in [0.1, 0.15) is 0 Å². The van der Waals surface area contributed by atoms with E-state index in [1.165, 1.54) is 5.56 Å². The summed E-state index contributed by atoms with van der Waals surface area (Å²) in [6, 6.07) is 8.02. The summed E-state index contributed by atoms with van der Waals surface area (Å²) in [6.45, 7) is 6.86. The van der Waals surface area contributed by atoms with Crippen LogP contribution in [0.3, 0.4) is 0 Å². The van der Waals surface area contributed by atoms with Gasteiger partial charge in [0.15, 0.2) is 0 Å². The van der Waals surface area contributed by atoms with Gasteiger partial charge in [0.05, 0.1) is 6.61 Å². The summed E-state index contributed by atoms with van der Waals surface area (Å²) in [4.78, 5) is 13.8. The number of hydrogen-bond donors (Lipinski definition) is 2. The molecule has 0 aliphatic rings. The molecule has 3 N–H and O–H groups in total. The summed E-state index contributed by atoms with van der Waals surface area (Å²) in [5.74, 6) is 4.85. The molecule has 1 aromatic carbocycles. The minimum atomic E-state index is -0.269. The van der Waals surface area contributed by atoms with E-state index >= 15 is 0 Å². The highest BCUT2D eigenvalue weighted by Crippen LogP contribution is 2.11. The number of hydrazine groups is 1. The Hall–Kier alpha value is -1.43. The second-order valence-electron chi connectivity index (χ2n) is 4.89. The standard InChI is InChI=1S/C15H25N3O2/c1-4-12(2)18(9-10-20-3)11-13-5-7-14(8-6-13)15(19)17-16/h5-8,12H,4,9-11,16H2,1-3H3,(H,17,19). The highest BCUT2D eigenvalue weighted by molar-refractivity contribution is 5.93. The quantitative estimate of drug-likeness (QED) is 0.430. The van der Waals surface area contributed by atoms with Crippen molar-refractivity contribution in [1.29, 1.82) is 0 Å². The van der Waals surface area contributed by atoms with Gasteiger partial charge in [-0.15, -0.1) is 0 Å². The Bertz CT molecular complexity index is 406. The summed E-state index contributed by atoms with van der Waals surface area (Å²) in [5.41, 5.74) is 3.88. The molecule has 0 saturated heterocycles. The minimum Gasteiger partial charge on any atom is -0.383 e. The molecule has 1 atom stereocenters. The molecule has 1 aromatic rings. The van der Waals surface area contributed by atoms with Crippen LogP contribution in [0.1, 0.15) is 36.2 Å². The number of carbonyl (C=O) groups is 1. The third kappa shape index (κ3) is 4.92. The number of ether oxygens (including phenoxy) is 1. The van der Waals surface area contributed by atoms with Gasteiger partial charge in [0.25, 0.3) is 5.91 Å². The molecular formula is C15H25N3O2. The summed E-state index contributed by atoms with van der Waals surface area (Å²) in [6.07, 6.45) is 1.09. The average Bonchev–Trinajstić information content (AvgIpc) is 2.50. The van der Waals surface area contributed by atoms with Crippen molar-refractivity contribution in [3.8, 4) is 0 Å². The van der Waals surface area contributed by atoms with Gasteiger partial charge in [-0.05, 0) is 31.0 Å². The first-order valence-corrected chi connectivity index (χ1v) is 6.95. The fourth-order valence-corrected chi connectivity index (χ4v) is 2.00. The SMILES string of the molecule is CCC(C)N(CCOC)Cc1ccc(C(=O)NN)cc1. The number of carbonyl (C=O) groups excluding carboxylic acids is 1. The molecule has 1 rings (SSSR count). The first-order valence-electron chi connectivity index (χ1n) is 6.95. The molecule has 0 heterocycles. The van der Waals surface area contributed by atoms with E-state index in [-0.39, 0.29) is 5.91 Å². The van der Waals surface area contributed by atoms with Crippen LogP contribution in [0.5, 0.6) is 0 Å². The summed E-state index contributed by atoms with van der Waals surface area (Å²) in [5, 5.41) is 0. The molecule has 20 heavy (non-hydrogen) atoms. The van der Waals surface area contributed by atoms with E-state index in [0.717, 1.165) is 26.1 Å². The first-order chi connectivity index (χ1) is 9.62. The van der Waals surface area contributed by atoms with Crippen LogP contribution in [0.2, 0.25) is 0 Å². The Morgan fingerprint density at radius 1 is 1.40 bits per heavy atom. The number of rotatable bonds is 8. The van der Waals surface area contributed by atoms with Crippen LogP contribution in [0.15, 0.2) is 24.3 Å². The normalized spacial score (nSPS) is 12.4. The predicted molar refractivity (Wildman–Crippen MR) is 80.1 cm³/mol. The highest BCUT2D eigenvalue weighted by Gasteiger charge is 2.12. The number of nitrogens with zero attached hydrogens (tertiary/aromatic N) is 1. The van der Waals surface area contributed by atoms with Gasteiger partial charge in [-0.2, -0.15) is 0 Å². The van der Waals surface area contributed by atoms with Crippen molar-refractivity contribution in [3.63, 3.8) is 0 Å². The van der Waals surface area contributed by atoms with Crippen molar-refractivity contribution >= 4 is 5.91 Å². The van der Waals surface area contributed by atoms with Gasteiger partial charge < -0.3 is 4.74 Å². The molecule has 0 spiro atoms. The average molecular weight is 279 g/mol. The second-order valence-corrected chi connectivity index (χ2v) is 4.89. The summed E-state index contributed by atoms with van der Waals surface area (Å²) >= 11 is 0. The predicted octanol–water partition coefficient (Wildman–Crippen LogP) is 1.54. The maximum absolute atomic E-state index is 11.4. The van der Waals surface area contributed by atoms with Crippen LogP contribution in [0.25, 0.3) is 0 Å². The second kappa shape index (κ2) is 8.68. The maximum atomic E-state index is 11.4. The zero-order chi connectivity index (χ0) is 15.0. The topological polar surface area (TPSA) is 67.6 Å². The maximum Gasteiger partial charge on any atom is 0.265 e. The lowest BCUT2D eigenvalue weighted by atomic mass is 10.1. The first kappa shape index (κ1) is 16.6. The van der Waals surface area contributed by atoms with Crippen molar-refractivity contribution in [1.82, 2.24) is 10.3 Å². The summed E-state index contributed by atoms with van der Waals surface area (Å²) in [7, 11) is 1.72. The van der Waals surface area contributed by atoms with Gasteiger partial charge in [0, 0.05) is 31.8 Å². The molecule has 112 valence electrons. The van der Waals surface area contributed by atoms with Crippen LogP contribution in [0, 0.1) is 0 Å². The lowest BCUT2D eigenvalue weighted by Crippen LogP contribution is -2.34. The zero-order valence-corrected chi connectivity index (χ0v) is 12.6. The van der Waals surface area contributed by atoms with Crippen molar-refractivity contribution in [2.24, 2.45) is 5.84 Å². The van der Waals surface area contributed by atoms with Crippen LogP contribution >= 0.6 is 0 Å². The number of nitrogens with two attached hydrogens (primary N) is 1. The molecule has 1 unspecified atom stereocenters. The Morgan fingerprint density at radius 3 is 2.55 bits per heavy atom. The van der Waals surface area contributed by atoms with Crippen LogP contribution in [-0.4, -0.2) is 37.1 Å². The molecular weight excluding hydrogens is 254 g/mol. The summed E-state index contributed by atoms with van der Waals surface area (Å²) < 4.78 is 5.16. The Balaban J connectivity index is 2.70. The highest BCUT2D eigenvalue weighted by atomic mass is 16.5. The fourth-order valence-electron chi connectivity index (χ4n) is 2.00. The van der Waals surface area contributed by atoms with Gasteiger partial charge in [-0.1, -0.05) is 19.1 Å². The van der Waals surface area contributed by atoms with E-state index in [1.54, 1.807) is 19.2 Å². The van der Waals surface area contributed by atoms with E-state index in [1.807, 2.05) is 12.1 Å². The smallest absolute Gasteiger partial charge is 0.265 e. The third-order valence-electron chi connectivity index (χ3n) is 3.53. The Labute approximate surface area is 121 Å². The molecule has 0 aliphatic carbocycles. The number of hydrogen-bond acceptors (Lipinski definition) is 4. The van der Waals surface area contributed by atoms with Crippen molar-refractivity contribution in [3.05, 3.63) is 35.4 Å². The zero-order valence-electron chi connectivity index (χ0n) is 12.6. The van der Waals surface area contributed by atoms with E-state index in [9.17, 15) is 4.79 Å². The van der Waals surface area contributed by atoms with E-state index in [2.05, 4.69) is 24.2 Å². The number of nitrogens with one attached hydrogen (secondary N) is 1. The molecule has 1 amide bonds. The number of methoxy groups -OCH3 is 1. The number of nitrogen functional groups attached to an aromatic ring is 1. The monoisotopic (exact) mass is 279 g/mol. The van der Waals surface area contributed by atoms with Crippen molar-refractivity contribution < 1.29 is 9.53 Å². The Morgan fingerprint density at radius 2 is 2.05 bits per heavy atom. The molecule has 0 radical (unpaired) electrons. The third-order valence-corrected chi connectivity index (χ3v) is 3.53. The van der Waals surface area contributed by atoms with Gasteiger partial charge >= 0.3 is 0 Å². The lowest BCUT2D eigenvalue weighted by Gasteiger charge is -2.28. The minimum absolute atomic E-state index is 0.269. The van der Waals surface area contributed by atoms with E-state index in [4.69, 9.17) is 10.6 Å². The molecule has 0 bridgehead atoms. The van der Waals surface area contributed by atoms with Crippen molar-refractivity contribution in [2.75, 3.05) is 20.3 Å². The van der Waals surface area contributed by atoms with Gasteiger partial charge in [-0.3, -0.25) is 15.1 Å². The molecule has 0 saturated carbocycles. The molecule has 0 aromatic heterocycles.